The van der Waals surface area contributed by atoms with E-state index in [0.717, 1.165) is 34.7 Å². The third kappa shape index (κ3) is 3.30. The van der Waals surface area contributed by atoms with Gasteiger partial charge in [-0.3, -0.25) is 5.41 Å². The highest BCUT2D eigenvalue weighted by Crippen LogP contribution is 2.33. The Morgan fingerprint density at radius 3 is 2.83 bits per heavy atom. The molecular weight excluding hydrogens is 374 g/mol. The number of rotatable bonds is 4. The zero-order valence-corrected chi connectivity index (χ0v) is 17.0. The predicted molar refractivity (Wildman–Crippen MR) is 120 cm³/mol. The minimum atomic E-state index is 0.305. The van der Waals surface area contributed by atoms with Crippen LogP contribution in [0.25, 0.3) is 22.2 Å². The number of aryl methyl sites for hydroxylation is 1. The van der Waals surface area contributed by atoms with Gasteiger partial charge in [0.1, 0.15) is 5.75 Å². The van der Waals surface area contributed by atoms with Crippen LogP contribution in [0, 0.1) is 5.41 Å². The molecule has 6 nitrogen and oxygen atoms in total. The summed E-state index contributed by atoms with van der Waals surface area (Å²) in [7, 11) is 0. The summed E-state index contributed by atoms with van der Waals surface area (Å²) in [5.41, 5.74) is 5.12. The van der Waals surface area contributed by atoms with Crippen molar-refractivity contribution in [3.05, 3.63) is 66.5 Å². The fourth-order valence-electron chi connectivity index (χ4n) is 3.90. The number of benzene rings is 2. The van der Waals surface area contributed by atoms with Crippen LogP contribution in [0.2, 0.25) is 0 Å². The molecule has 0 bridgehead atoms. The van der Waals surface area contributed by atoms with Crippen molar-refractivity contribution in [3.63, 3.8) is 0 Å². The summed E-state index contributed by atoms with van der Waals surface area (Å²) in [5, 5.41) is 12.2. The number of nitrogens with one attached hydrogen (secondary N) is 2. The normalized spacial score (nSPS) is 13.4. The first-order valence-electron chi connectivity index (χ1n) is 10.2. The van der Waals surface area contributed by atoms with E-state index in [1.165, 1.54) is 10.9 Å². The Morgan fingerprint density at radius 1 is 1.10 bits per heavy atom. The molecule has 0 unspecified atom stereocenters. The summed E-state index contributed by atoms with van der Waals surface area (Å²) in [6.45, 7) is 4.36. The molecule has 0 fully saturated rings. The van der Waals surface area contributed by atoms with Gasteiger partial charge in [-0.05, 0) is 44.0 Å². The van der Waals surface area contributed by atoms with Crippen LogP contribution >= 0.6 is 0 Å². The number of fused-ring (bicyclic) bond motifs is 2. The number of hydrogen-bond acceptors (Lipinski definition) is 5. The predicted octanol–water partition coefficient (Wildman–Crippen LogP) is 5.73. The monoisotopic (exact) mass is 397 g/mol. The van der Waals surface area contributed by atoms with Crippen molar-refractivity contribution in [1.82, 2.24) is 14.5 Å². The Morgan fingerprint density at radius 2 is 1.97 bits per heavy atom. The Hall–Kier alpha value is -3.67. The van der Waals surface area contributed by atoms with E-state index >= 15 is 0 Å². The zero-order valence-electron chi connectivity index (χ0n) is 17.0. The zero-order chi connectivity index (χ0) is 20.7. The average Bonchev–Trinajstić information content (AvgIpc) is 3.14. The van der Waals surface area contributed by atoms with Gasteiger partial charge >= 0.3 is 0 Å². The van der Waals surface area contributed by atoms with E-state index < -0.39 is 0 Å². The molecule has 4 aromatic rings. The third-order valence-corrected chi connectivity index (χ3v) is 5.41. The van der Waals surface area contributed by atoms with Gasteiger partial charge in [-0.2, -0.15) is 0 Å². The molecule has 2 aromatic heterocycles. The minimum Gasteiger partial charge on any atom is -0.443 e. The molecule has 0 saturated carbocycles. The molecule has 6 heteroatoms. The lowest BCUT2D eigenvalue weighted by molar-refractivity contribution is 0.499. The summed E-state index contributed by atoms with van der Waals surface area (Å²) >= 11 is 0. The Bertz CT molecular complexity index is 1260. The van der Waals surface area contributed by atoms with Gasteiger partial charge in [-0.15, -0.1) is 0 Å². The van der Waals surface area contributed by atoms with E-state index in [0.29, 0.717) is 24.3 Å². The number of para-hydroxylation sites is 1. The van der Waals surface area contributed by atoms with Gasteiger partial charge in [0, 0.05) is 53.1 Å². The largest absolute Gasteiger partial charge is 0.443 e. The van der Waals surface area contributed by atoms with Crippen LogP contribution in [0.5, 0.6) is 5.75 Å². The molecule has 1 aliphatic rings. The van der Waals surface area contributed by atoms with Gasteiger partial charge in [0.2, 0.25) is 5.95 Å². The van der Waals surface area contributed by atoms with Gasteiger partial charge in [-0.25, -0.2) is 9.97 Å². The number of ether oxygens (including phenoxy) is 1. The highest BCUT2D eigenvalue weighted by atomic mass is 16.5. The standard InChI is InChI=1S/C24H23N5O/c1-15(2)29-14-19(18-5-3-4-6-21(18)29)20-11-12-26-24(28-20)27-17-9-7-16-8-10-23(25)30-22(16)13-17/h3-7,9,11-15,25H,8,10H2,1-2H3,(H,26,27,28). The Kier molecular flexibility index (Phi) is 4.47. The van der Waals surface area contributed by atoms with Crippen LogP contribution < -0.4 is 10.1 Å². The van der Waals surface area contributed by atoms with Crippen LogP contribution in [0.4, 0.5) is 11.6 Å². The molecule has 0 amide bonds. The highest BCUT2D eigenvalue weighted by molar-refractivity contribution is 5.95. The summed E-state index contributed by atoms with van der Waals surface area (Å²) in [4.78, 5) is 9.17. The lowest BCUT2D eigenvalue weighted by Gasteiger charge is -2.18. The second-order valence-corrected chi connectivity index (χ2v) is 7.80. The van der Waals surface area contributed by atoms with Crippen molar-refractivity contribution in [2.45, 2.75) is 32.7 Å². The molecule has 0 radical (unpaired) electrons. The first-order valence-corrected chi connectivity index (χ1v) is 10.2. The second kappa shape index (κ2) is 7.30. The fourth-order valence-corrected chi connectivity index (χ4v) is 3.90. The quantitative estimate of drug-likeness (QED) is 0.461. The van der Waals surface area contributed by atoms with Gasteiger partial charge in [0.05, 0.1) is 5.69 Å². The number of hydrogen-bond donors (Lipinski definition) is 2. The molecule has 0 spiro atoms. The van der Waals surface area contributed by atoms with E-state index in [-0.39, 0.29) is 0 Å². The summed E-state index contributed by atoms with van der Waals surface area (Å²) < 4.78 is 7.85. The molecule has 5 rings (SSSR count). The molecule has 30 heavy (non-hydrogen) atoms. The molecule has 2 N–H and O–H groups in total. The topological polar surface area (TPSA) is 75.8 Å². The SMILES string of the molecule is CC(C)n1cc(-c2ccnc(Nc3ccc4c(c3)OC(=N)CC4)n2)c2ccccc21. The molecule has 2 aromatic carbocycles. The molecule has 0 saturated heterocycles. The molecule has 3 heterocycles. The van der Waals surface area contributed by atoms with Crippen molar-refractivity contribution in [1.29, 1.82) is 5.41 Å². The molecule has 0 aliphatic carbocycles. The maximum Gasteiger partial charge on any atom is 0.227 e. The first-order chi connectivity index (χ1) is 14.6. The first kappa shape index (κ1) is 18.4. The van der Waals surface area contributed by atoms with Crippen molar-refractivity contribution < 1.29 is 4.74 Å². The van der Waals surface area contributed by atoms with Crippen molar-refractivity contribution in [2.24, 2.45) is 0 Å². The minimum absolute atomic E-state index is 0.305. The second-order valence-electron chi connectivity index (χ2n) is 7.80. The summed E-state index contributed by atoms with van der Waals surface area (Å²) in [6.07, 6.45) is 5.42. The van der Waals surface area contributed by atoms with E-state index in [4.69, 9.17) is 15.1 Å². The number of nitrogens with zero attached hydrogens (tertiary/aromatic N) is 3. The van der Waals surface area contributed by atoms with Gasteiger partial charge in [0.25, 0.3) is 0 Å². The van der Waals surface area contributed by atoms with Crippen LogP contribution in [0.3, 0.4) is 0 Å². The average molecular weight is 397 g/mol. The summed E-state index contributed by atoms with van der Waals surface area (Å²) in [5.74, 6) is 1.56. The van der Waals surface area contributed by atoms with E-state index in [1.54, 1.807) is 6.20 Å². The van der Waals surface area contributed by atoms with Crippen LogP contribution in [-0.4, -0.2) is 20.4 Å². The smallest absolute Gasteiger partial charge is 0.227 e. The molecule has 0 atom stereocenters. The van der Waals surface area contributed by atoms with Gasteiger partial charge < -0.3 is 14.6 Å². The third-order valence-electron chi connectivity index (χ3n) is 5.41. The van der Waals surface area contributed by atoms with Crippen molar-refractivity contribution >= 4 is 28.4 Å². The van der Waals surface area contributed by atoms with Crippen LogP contribution in [-0.2, 0) is 6.42 Å². The van der Waals surface area contributed by atoms with Crippen LogP contribution in [0.15, 0.2) is 60.9 Å². The molecular formula is C24H23N5O. The highest BCUT2D eigenvalue weighted by Gasteiger charge is 2.16. The lowest BCUT2D eigenvalue weighted by atomic mass is 10.1. The Labute approximate surface area is 175 Å². The molecule has 150 valence electrons. The Balaban J connectivity index is 1.49. The van der Waals surface area contributed by atoms with Crippen LogP contribution in [0.1, 0.15) is 31.9 Å². The number of anilines is 2. The van der Waals surface area contributed by atoms with Gasteiger partial charge in [-0.1, -0.05) is 24.3 Å². The van der Waals surface area contributed by atoms with Crippen molar-refractivity contribution in [3.8, 4) is 17.0 Å². The lowest BCUT2D eigenvalue weighted by Crippen LogP contribution is -2.15. The van der Waals surface area contributed by atoms with E-state index in [1.807, 2.05) is 24.3 Å². The maximum absolute atomic E-state index is 7.76. The molecule has 1 aliphatic heterocycles. The van der Waals surface area contributed by atoms with E-state index in [2.05, 4.69) is 59.2 Å². The maximum atomic E-state index is 7.76. The number of aromatic nitrogens is 3. The van der Waals surface area contributed by atoms with E-state index in [9.17, 15) is 0 Å². The summed E-state index contributed by atoms with van der Waals surface area (Å²) in [6, 6.07) is 16.6. The van der Waals surface area contributed by atoms with Gasteiger partial charge in [0.15, 0.2) is 5.90 Å². The van der Waals surface area contributed by atoms with Crippen molar-refractivity contribution in [2.75, 3.05) is 5.32 Å². The fraction of sp³-hybridized carbons (Fsp3) is 0.208.